The van der Waals surface area contributed by atoms with Crippen LogP contribution in [-0.2, 0) is 25.6 Å². The molecule has 64 heavy (non-hydrogen) atoms. The Bertz CT molecular complexity index is 2670. The molecule has 0 radical (unpaired) electrons. The molecule has 2 aromatic heterocycles. The Morgan fingerprint density at radius 1 is 0.766 bits per heavy atom. The maximum atomic E-state index is 14.0. The molecule has 6 aromatic rings. The number of nitrogens with one attached hydrogen (secondary N) is 4. The minimum atomic E-state index is -0.710. The Hall–Kier alpha value is -6.70. The summed E-state index contributed by atoms with van der Waals surface area (Å²) in [6, 6.07) is 26.2. The fourth-order valence-electron chi connectivity index (χ4n) is 9.52. The number of rotatable bonds is 14. The Labute approximate surface area is 373 Å². The van der Waals surface area contributed by atoms with Crippen molar-refractivity contribution in [2.45, 2.75) is 91.0 Å². The topological polar surface area (TPSA) is 175 Å². The van der Waals surface area contributed by atoms with Gasteiger partial charge in [-0.3, -0.25) is 9.59 Å². The fourth-order valence-corrected chi connectivity index (χ4v) is 9.52. The second-order valence-corrected chi connectivity index (χ2v) is 17.8. The van der Waals surface area contributed by atoms with Gasteiger partial charge in [-0.2, -0.15) is 0 Å². The first-order chi connectivity index (χ1) is 30.8. The van der Waals surface area contributed by atoms with Crippen molar-refractivity contribution in [2.75, 3.05) is 20.8 Å². The standard InChI is InChI=1S/C50H58N8O6/c1-8-21-57(47(59)43(28(2)3)55-49(61)63-6)27-42-51-26-41(52-42)36-16-15-33-22-32(13-14-34(33)23-36)30-9-11-31(12-10-30)35-18-20-39-40(25-35)54-46(53-39)45-37-17-19-38(24-37)58(45)48(60)44(29(4)5)56-50(62)64-7/h9-16,18,20,22-23,25-26,28-29,37-38,43-45H,8,17,19,21,24,27H2,1-7H3,(H,51,52)(H,53,54)(H,55,61)(H,56,62)/t37-,38+,43-,44-,45-/m0/s1. The first-order valence-corrected chi connectivity index (χ1v) is 22.3. The summed E-state index contributed by atoms with van der Waals surface area (Å²) in [5.41, 5.74) is 7.96. The molecule has 5 atom stereocenters. The summed E-state index contributed by atoms with van der Waals surface area (Å²) in [4.78, 5) is 72.0. The van der Waals surface area contributed by atoms with Crippen molar-refractivity contribution in [1.29, 1.82) is 0 Å². The smallest absolute Gasteiger partial charge is 0.407 e. The van der Waals surface area contributed by atoms with Gasteiger partial charge in [0.1, 0.15) is 23.7 Å². The highest BCUT2D eigenvalue weighted by Gasteiger charge is 2.51. The van der Waals surface area contributed by atoms with E-state index in [0.717, 1.165) is 86.8 Å². The number of hydrogen-bond acceptors (Lipinski definition) is 8. The SMILES string of the molecule is CCCN(Cc1ncc(-c2ccc3cc(-c4ccc(-c5ccc6nc([C@@H]7[C@H]8CC[C@H](C8)N7C(=O)[C@@H](NC(=O)OC)C(C)C)[nH]c6c5)cc4)ccc3c2)[nH]1)C(=O)[C@@H](NC(=O)OC)C(C)C. The summed E-state index contributed by atoms with van der Waals surface area (Å²) in [6.07, 6.45) is 4.24. The van der Waals surface area contributed by atoms with Gasteiger partial charge in [-0.1, -0.05) is 89.2 Å². The van der Waals surface area contributed by atoms with Crippen LogP contribution < -0.4 is 10.6 Å². The van der Waals surface area contributed by atoms with Crippen LogP contribution in [0.4, 0.5) is 9.59 Å². The molecule has 2 aliphatic rings. The van der Waals surface area contributed by atoms with Crippen LogP contribution in [0.1, 0.15) is 78.0 Å². The molecular weight excluding hydrogens is 809 g/mol. The van der Waals surface area contributed by atoms with Gasteiger partial charge in [-0.05, 0) is 101 Å². The van der Waals surface area contributed by atoms with Crippen molar-refractivity contribution in [3.05, 3.63) is 96.7 Å². The van der Waals surface area contributed by atoms with Crippen molar-refractivity contribution in [3.63, 3.8) is 0 Å². The van der Waals surface area contributed by atoms with Crippen LogP contribution in [0.15, 0.2) is 85.1 Å². The highest BCUT2D eigenvalue weighted by Crippen LogP contribution is 2.50. The maximum Gasteiger partial charge on any atom is 0.407 e. The summed E-state index contributed by atoms with van der Waals surface area (Å²) < 4.78 is 9.60. The van der Waals surface area contributed by atoms with E-state index in [0.29, 0.717) is 18.3 Å². The van der Waals surface area contributed by atoms with Crippen LogP contribution in [0.3, 0.4) is 0 Å². The number of benzene rings is 4. The van der Waals surface area contributed by atoms with Gasteiger partial charge in [0.15, 0.2) is 0 Å². The molecule has 2 bridgehead atoms. The third-order valence-corrected chi connectivity index (χ3v) is 12.9. The monoisotopic (exact) mass is 866 g/mol. The van der Waals surface area contributed by atoms with Crippen LogP contribution in [0, 0.1) is 17.8 Å². The summed E-state index contributed by atoms with van der Waals surface area (Å²) in [6.45, 7) is 10.5. The van der Waals surface area contributed by atoms with Gasteiger partial charge in [-0.25, -0.2) is 19.6 Å². The lowest BCUT2D eigenvalue weighted by molar-refractivity contribution is -0.139. The molecule has 1 aliphatic heterocycles. The molecule has 14 heteroatoms. The molecule has 4 N–H and O–H groups in total. The second-order valence-electron chi connectivity index (χ2n) is 17.8. The Morgan fingerprint density at radius 2 is 1.36 bits per heavy atom. The number of amides is 4. The highest BCUT2D eigenvalue weighted by atomic mass is 16.5. The number of carbonyl (C=O) groups excluding carboxylic acids is 4. The number of ether oxygens (including phenoxy) is 2. The van der Waals surface area contributed by atoms with E-state index in [1.807, 2.05) is 45.6 Å². The molecule has 0 unspecified atom stereocenters. The average molecular weight is 867 g/mol. The van der Waals surface area contributed by atoms with E-state index in [1.54, 1.807) is 11.1 Å². The maximum absolute atomic E-state index is 14.0. The lowest BCUT2D eigenvalue weighted by atomic mass is 9.95. The number of nitrogens with zero attached hydrogens (tertiary/aromatic N) is 4. The van der Waals surface area contributed by atoms with Gasteiger partial charge in [0.2, 0.25) is 11.8 Å². The number of methoxy groups -OCH3 is 2. The first kappa shape index (κ1) is 43.9. The van der Waals surface area contributed by atoms with Crippen LogP contribution in [0.2, 0.25) is 0 Å². The third-order valence-electron chi connectivity index (χ3n) is 12.9. The lowest BCUT2D eigenvalue weighted by Gasteiger charge is -2.37. The van der Waals surface area contributed by atoms with Crippen LogP contribution in [0.5, 0.6) is 0 Å². The van der Waals surface area contributed by atoms with Crippen LogP contribution in [0.25, 0.3) is 55.3 Å². The summed E-state index contributed by atoms with van der Waals surface area (Å²) in [5, 5.41) is 7.66. The van der Waals surface area contributed by atoms with Crippen molar-refractivity contribution in [1.82, 2.24) is 40.4 Å². The predicted molar refractivity (Wildman–Crippen MR) is 247 cm³/mol. The number of fused-ring (bicyclic) bond motifs is 4. The molecule has 14 nitrogen and oxygen atoms in total. The van der Waals surface area contributed by atoms with E-state index in [2.05, 4.69) is 98.4 Å². The number of aromatic nitrogens is 4. The molecule has 1 saturated carbocycles. The Balaban J connectivity index is 0.956. The van der Waals surface area contributed by atoms with E-state index >= 15 is 0 Å². The summed E-state index contributed by atoms with van der Waals surface area (Å²) in [7, 11) is 2.60. The van der Waals surface area contributed by atoms with Crippen molar-refractivity contribution in [2.24, 2.45) is 17.8 Å². The van der Waals surface area contributed by atoms with Crippen molar-refractivity contribution >= 4 is 45.8 Å². The molecule has 1 saturated heterocycles. The Kier molecular flexibility index (Phi) is 12.7. The number of carbonyl (C=O) groups is 4. The number of alkyl carbamates (subject to hydrolysis) is 2. The first-order valence-electron chi connectivity index (χ1n) is 22.3. The van der Waals surface area contributed by atoms with E-state index in [-0.39, 0.29) is 42.3 Å². The van der Waals surface area contributed by atoms with Gasteiger partial charge < -0.3 is 39.9 Å². The highest BCUT2D eigenvalue weighted by molar-refractivity contribution is 5.91. The quantitative estimate of drug-likeness (QED) is 0.0839. The predicted octanol–water partition coefficient (Wildman–Crippen LogP) is 8.99. The molecule has 4 aromatic carbocycles. The fraction of sp³-hybridized carbons (Fsp3) is 0.400. The minimum Gasteiger partial charge on any atom is -0.453 e. The minimum absolute atomic E-state index is 0.0889. The normalized spacial score (nSPS) is 17.8. The van der Waals surface area contributed by atoms with E-state index in [1.165, 1.54) is 14.2 Å². The van der Waals surface area contributed by atoms with Gasteiger partial charge in [0.05, 0.1) is 49.7 Å². The second kappa shape index (κ2) is 18.6. The number of imidazole rings is 2. The molecular formula is C50H58N8O6. The lowest BCUT2D eigenvalue weighted by Crippen LogP contribution is -2.54. The van der Waals surface area contributed by atoms with E-state index in [9.17, 15) is 19.2 Å². The van der Waals surface area contributed by atoms with Crippen molar-refractivity contribution in [3.8, 4) is 33.5 Å². The van der Waals surface area contributed by atoms with Gasteiger partial charge in [-0.15, -0.1) is 0 Å². The van der Waals surface area contributed by atoms with E-state index < -0.39 is 24.3 Å². The molecule has 0 spiro atoms. The van der Waals surface area contributed by atoms with Crippen LogP contribution in [-0.4, -0.2) is 92.6 Å². The number of piperidine rings is 1. The Morgan fingerprint density at radius 3 is 2.00 bits per heavy atom. The average Bonchev–Trinajstić information content (AvgIpc) is 4.13. The molecule has 2 fully saturated rings. The zero-order valence-electron chi connectivity index (χ0n) is 37.6. The largest absolute Gasteiger partial charge is 0.453 e. The number of hydrogen-bond donors (Lipinski definition) is 4. The summed E-state index contributed by atoms with van der Waals surface area (Å²) in [5.74, 6) is 1.27. The van der Waals surface area contributed by atoms with Crippen molar-refractivity contribution < 1.29 is 28.7 Å². The molecule has 3 heterocycles. The molecule has 4 amide bonds. The number of aromatic amines is 2. The zero-order valence-corrected chi connectivity index (χ0v) is 37.6. The zero-order chi connectivity index (χ0) is 45.2. The van der Waals surface area contributed by atoms with E-state index in [4.69, 9.17) is 14.5 Å². The van der Waals surface area contributed by atoms with Crippen LogP contribution >= 0.6 is 0 Å². The van der Waals surface area contributed by atoms with Gasteiger partial charge in [0, 0.05) is 18.2 Å². The molecule has 334 valence electrons. The number of H-pyrrole nitrogens is 2. The molecule has 1 aliphatic carbocycles. The third kappa shape index (κ3) is 8.91. The van der Waals surface area contributed by atoms with Gasteiger partial charge in [0.25, 0.3) is 0 Å². The summed E-state index contributed by atoms with van der Waals surface area (Å²) >= 11 is 0. The molecule has 8 rings (SSSR count). The number of likely N-dealkylation sites (tertiary alicyclic amines) is 1. The van der Waals surface area contributed by atoms with Gasteiger partial charge >= 0.3 is 12.2 Å².